The minimum Gasteiger partial charge on any atom is -0.459 e. The van der Waals surface area contributed by atoms with Gasteiger partial charge in [-0.2, -0.15) is 0 Å². The molecule has 2 nitrogen and oxygen atoms in total. The van der Waals surface area contributed by atoms with Gasteiger partial charge in [0.2, 0.25) is 0 Å². The van der Waals surface area contributed by atoms with Gasteiger partial charge in [-0.25, -0.2) is 13.6 Å². The Morgan fingerprint density at radius 2 is 1.64 bits per heavy atom. The average molecular weight is 391 g/mol. The maximum Gasteiger partial charge on any atom is 0.338 e. The molecule has 2 saturated carbocycles. The molecular formula is C24H32F2O2. The molecule has 0 amide bonds. The molecule has 3 rings (SSSR count). The highest BCUT2D eigenvalue weighted by Gasteiger charge is 2.32. The van der Waals surface area contributed by atoms with E-state index in [-0.39, 0.29) is 11.7 Å². The molecule has 2 aliphatic carbocycles. The summed E-state index contributed by atoms with van der Waals surface area (Å²) >= 11 is 0. The van der Waals surface area contributed by atoms with Crippen LogP contribution in [0.15, 0.2) is 30.9 Å². The fraction of sp³-hybridized carbons (Fsp3) is 0.625. The summed E-state index contributed by atoms with van der Waals surface area (Å²) < 4.78 is 31.9. The van der Waals surface area contributed by atoms with Crippen molar-refractivity contribution in [1.82, 2.24) is 0 Å². The van der Waals surface area contributed by atoms with Crippen molar-refractivity contribution in [1.29, 1.82) is 0 Å². The summed E-state index contributed by atoms with van der Waals surface area (Å²) in [4.78, 5) is 12.2. The van der Waals surface area contributed by atoms with E-state index in [1.165, 1.54) is 44.6 Å². The first-order valence-electron chi connectivity index (χ1n) is 10.8. The highest BCUT2D eigenvalue weighted by molar-refractivity contribution is 5.89. The third-order valence-corrected chi connectivity index (χ3v) is 6.73. The molecule has 0 unspecified atom stereocenters. The van der Waals surface area contributed by atoms with Crippen molar-refractivity contribution in [2.45, 2.75) is 76.7 Å². The van der Waals surface area contributed by atoms with Gasteiger partial charge in [-0.3, -0.25) is 0 Å². The molecule has 154 valence electrons. The molecule has 0 spiro atoms. The smallest absolute Gasteiger partial charge is 0.338 e. The molecule has 0 N–H and O–H groups in total. The zero-order valence-corrected chi connectivity index (χ0v) is 16.7. The summed E-state index contributed by atoms with van der Waals surface area (Å²) in [6, 6.07) is 3.16. The molecule has 0 bridgehead atoms. The van der Waals surface area contributed by atoms with Crippen molar-refractivity contribution in [3.05, 3.63) is 48.1 Å². The number of benzene rings is 1. The Bertz CT molecular complexity index is 657. The molecular weight excluding hydrogens is 358 g/mol. The van der Waals surface area contributed by atoms with E-state index >= 15 is 0 Å². The minimum absolute atomic E-state index is 0.0794. The van der Waals surface area contributed by atoms with E-state index in [0.29, 0.717) is 0 Å². The summed E-state index contributed by atoms with van der Waals surface area (Å²) in [5.74, 6) is -0.0661. The zero-order valence-electron chi connectivity index (χ0n) is 16.7. The molecule has 2 aliphatic rings. The Balaban J connectivity index is 1.39. The normalized spacial score (nSPS) is 27.9. The molecule has 1 aromatic rings. The molecule has 0 aliphatic heterocycles. The maximum atomic E-state index is 13.3. The molecule has 2 fully saturated rings. The number of carbonyl (C=O) groups excluding carboxylic acids is 1. The molecule has 0 heterocycles. The van der Waals surface area contributed by atoms with E-state index in [9.17, 15) is 13.6 Å². The first-order chi connectivity index (χ1) is 13.6. The average Bonchev–Trinajstić information content (AvgIpc) is 2.71. The number of esters is 1. The van der Waals surface area contributed by atoms with Gasteiger partial charge in [-0.15, -0.1) is 6.58 Å². The Morgan fingerprint density at radius 3 is 2.25 bits per heavy atom. The second kappa shape index (κ2) is 10.2. The number of allylic oxidation sites excluding steroid dienone is 1. The number of ether oxygens (including phenoxy) is 1. The Morgan fingerprint density at radius 1 is 1.00 bits per heavy atom. The fourth-order valence-electron chi connectivity index (χ4n) is 5.02. The van der Waals surface area contributed by atoms with Crippen molar-refractivity contribution in [2.24, 2.45) is 17.8 Å². The van der Waals surface area contributed by atoms with E-state index in [0.717, 1.165) is 62.0 Å². The van der Waals surface area contributed by atoms with Crippen LogP contribution in [0, 0.1) is 29.4 Å². The van der Waals surface area contributed by atoms with Gasteiger partial charge in [-0.05, 0) is 87.3 Å². The number of unbranched alkanes of at least 4 members (excludes halogenated alkanes) is 1. The lowest BCUT2D eigenvalue weighted by Crippen LogP contribution is -2.29. The zero-order chi connectivity index (χ0) is 19.9. The summed E-state index contributed by atoms with van der Waals surface area (Å²) in [5, 5.41) is 0. The largest absolute Gasteiger partial charge is 0.459 e. The van der Waals surface area contributed by atoms with E-state index in [4.69, 9.17) is 4.74 Å². The maximum absolute atomic E-state index is 13.3. The lowest BCUT2D eigenvalue weighted by molar-refractivity contribution is 0.0109. The first kappa shape index (κ1) is 21.0. The van der Waals surface area contributed by atoms with E-state index < -0.39 is 17.6 Å². The van der Waals surface area contributed by atoms with Crippen LogP contribution in [0.2, 0.25) is 0 Å². The molecule has 0 radical (unpaired) electrons. The van der Waals surface area contributed by atoms with E-state index in [1.807, 2.05) is 6.08 Å². The van der Waals surface area contributed by atoms with Crippen LogP contribution in [0.25, 0.3) is 0 Å². The second-order valence-electron chi connectivity index (χ2n) is 8.57. The predicted molar refractivity (Wildman–Crippen MR) is 107 cm³/mol. The van der Waals surface area contributed by atoms with Crippen LogP contribution in [0.1, 0.15) is 81.0 Å². The second-order valence-corrected chi connectivity index (χ2v) is 8.57. The lowest BCUT2D eigenvalue weighted by atomic mass is 9.70. The predicted octanol–water partition coefficient (Wildman–Crippen LogP) is 6.84. The number of halogens is 2. The first-order valence-corrected chi connectivity index (χ1v) is 10.8. The van der Waals surface area contributed by atoms with Crippen molar-refractivity contribution in [2.75, 3.05) is 0 Å². The van der Waals surface area contributed by atoms with Gasteiger partial charge in [-0.1, -0.05) is 25.3 Å². The van der Waals surface area contributed by atoms with E-state index in [2.05, 4.69) is 6.58 Å². The number of hydrogen-bond donors (Lipinski definition) is 0. The van der Waals surface area contributed by atoms with Gasteiger partial charge >= 0.3 is 5.97 Å². The molecule has 4 heteroatoms. The standard InChI is InChI=1S/C24H32F2O2/c1-2-3-4-5-17-6-8-18(9-7-17)19-10-13-21(14-11-19)28-24(27)20-12-15-22(25)23(26)16-20/h2,12,15-19,21H,1,3-11,13-14H2/t17-,18-,19?,21?. The monoisotopic (exact) mass is 390 g/mol. The van der Waals surface area contributed by atoms with Crippen molar-refractivity contribution >= 4 is 5.97 Å². The van der Waals surface area contributed by atoms with Crippen LogP contribution >= 0.6 is 0 Å². The Labute approximate surface area is 167 Å². The van der Waals surface area contributed by atoms with Gasteiger partial charge in [0.1, 0.15) is 6.10 Å². The number of hydrogen-bond acceptors (Lipinski definition) is 2. The van der Waals surface area contributed by atoms with Gasteiger partial charge in [0.15, 0.2) is 11.6 Å². The fourth-order valence-corrected chi connectivity index (χ4v) is 5.02. The van der Waals surface area contributed by atoms with Crippen LogP contribution in [-0.2, 0) is 4.74 Å². The Hall–Kier alpha value is -1.71. The van der Waals surface area contributed by atoms with Crippen LogP contribution in [0.3, 0.4) is 0 Å². The van der Waals surface area contributed by atoms with Crippen molar-refractivity contribution in [3.8, 4) is 0 Å². The topological polar surface area (TPSA) is 26.3 Å². The van der Waals surface area contributed by atoms with Crippen LogP contribution in [0.5, 0.6) is 0 Å². The molecule has 0 saturated heterocycles. The Kier molecular flexibility index (Phi) is 7.64. The quantitative estimate of drug-likeness (QED) is 0.289. The third-order valence-electron chi connectivity index (χ3n) is 6.73. The number of carbonyl (C=O) groups is 1. The van der Waals surface area contributed by atoms with Gasteiger partial charge in [0.05, 0.1) is 5.56 Å². The van der Waals surface area contributed by atoms with Crippen molar-refractivity contribution < 1.29 is 18.3 Å². The molecule has 0 aromatic heterocycles. The van der Waals surface area contributed by atoms with Gasteiger partial charge in [0.25, 0.3) is 0 Å². The van der Waals surface area contributed by atoms with Crippen LogP contribution in [-0.4, -0.2) is 12.1 Å². The molecule has 0 atom stereocenters. The van der Waals surface area contributed by atoms with Crippen LogP contribution < -0.4 is 0 Å². The SMILES string of the molecule is C=CCCC[C@H]1CC[C@H](C2CCC(OC(=O)c3ccc(F)c(F)c3)CC2)CC1. The third kappa shape index (κ3) is 5.65. The lowest BCUT2D eigenvalue weighted by Gasteiger charge is -2.37. The highest BCUT2D eigenvalue weighted by atomic mass is 19.2. The van der Waals surface area contributed by atoms with Gasteiger partial charge < -0.3 is 4.74 Å². The van der Waals surface area contributed by atoms with Gasteiger partial charge in [0, 0.05) is 0 Å². The molecule has 28 heavy (non-hydrogen) atoms. The summed E-state index contributed by atoms with van der Waals surface area (Å²) in [7, 11) is 0. The van der Waals surface area contributed by atoms with Crippen molar-refractivity contribution in [3.63, 3.8) is 0 Å². The minimum atomic E-state index is -1.02. The summed E-state index contributed by atoms with van der Waals surface area (Å²) in [6.07, 6.45) is 15.0. The highest BCUT2D eigenvalue weighted by Crippen LogP contribution is 2.41. The number of rotatable bonds is 7. The molecule has 1 aromatic carbocycles. The van der Waals surface area contributed by atoms with E-state index in [1.54, 1.807) is 0 Å². The van der Waals surface area contributed by atoms with Crippen LogP contribution in [0.4, 0.5) is 8.78 Å². The summed E-state index contributed by atoms with van der Waals surface area (Å²) in [5.41, 5.74) is 0.0794. The summed E-state index contributed by atoms with van der Waals surface area (Å²) in [6.45, 7) is 3.80.